The first kappa shape index (κ1) is 9.67. The highest BCUT2D eigenvalue weighted by Crippen LogP contribution is 2.18. The molecule has 0 unspecified atom stereocenters. The predicted molar refractivity (Wildman–Crippen MR) is 57.9 cm³/mol. The summed E-state index contributed by atoms with van der Waals surface area (Å²) < 4.78 is 0. The topological polar surface area (TPSA) is 12.0 Å². The molecule has 0 heterocycles. The molecule has 0 spiro atoms. The molecular weight excluding hydrogens is 158 g/mol. The Hall–Kier alpha value is -1.42. The molecule has 1 rings (SSSR count). The van der Waals surface area contributed by atoms with E-state index in [-0.39, 0.29) is 0 Å². The largest absolute Gasteiger partial charge is 0.374 e. The van der Waals surface area contributed by atoms with Crippen LogP contribution in [0.15, 0.2) is 18.2 Å². The Morgan fingerprint density at radius 2 is 1.85 bits per heavy atom. The van der Waals surface area contributed by atoms with Gasteiger partial charge in [0, 0.05) is 5.69 Å². The van der Waals surface area contributed by atoms with Crippen LogP contribution in [0.3, 0.4) is 0 Å². The van der Waals surface area contributed by atoms with Crippen LogP contribution in [0.2, 0.25) is 0 Å². The molecule has 0 bridgehead atoms. The van der Waals surface area contributed by atoms with Gasteiger partial charge in [0.25, 0.3) is 0 Å². The molecule has 68 valence electrons. The fourth-order valence-corrected chi connectivity index (χ4v) is 1.31. The standard InChI is InChI=1S/C12H15N/c1-4-5-9-13-12-10(2)7-6-8-11(12)3/h6-8,13H,9H2,1-3H3. The van der Waals surface area contributed by atoms with Gasteiger partial charge in [0.05, 0.1) is 6.54 Å². The molecule has 0 radical (unpaired) electrons. The smallest absolute Gasteiger partial charge is 0.0766 e. The van der Waals surface area contributed by atoms with Gasteiger partial charge < -0.3 is 5.32 Å². The van der Waals surface area contributed by atoms with E-state index in [9.17, 15) is 0 Å². The molecule has 0 fully saturated rings. The highest BCUT2D eigenvalue weighted by atomic mass is 14.9. The van der Waals surface area contributed by atoms with Crippen molar-refractivity contribution in [1.82, 2.24) is 0 Å². The molecule has 1 N–H and O–H groups in total. The fraction of sp³-hybridized carbons (Fsp3) is 0.333. The van der Waals surface area contributed by atoms with Crippen LogP contribution in [0.5, 0.6) is 0 Å². The van der Waals surface area contributed by atoms with Crippen molar-refractivity contribution in [3.05, 3.63) is 29.3 Å². The molecule has 1 heteroatoms. The van der Waals surface area contributed by atoms with E-state index in [2.05, 4.69) is 49.2 Å². The number of para-hydroxylation sites is 1. The Morgan fingerprint density at radius 3 is 2.38 bits per heavy atom. The van der Waals surface area contributed by atoms with Crippen molar-refractivity contribution in [2.45, 2.75) is 20.8 Å². The lowest BCUT2D eigenvalue weighted by molar-refractivity contribution is 1.29. The summed E-state index contributed by atoms with van der Waals surface area (Å²) in [6, 6.07) is 6.28. The van der Waals surface area contributed by atoms with Gasteiger partial charge in [0.1, 0.15) is 0 Å². The number of aryl methyl sites for hydroxylation is 2. The monoisotopic (exact) mass is 173 g/mol. The van der Waals surface area contributed by atoms with E-state index in [1.165, 1.54) is 16.8 Å². The summed E-state index contributed by atoms with van der Waals surface area (Å²) in [5.41, 5.74) is 3.76. The van der Waals surface area contributed by atoms with Crippen LogP contribution in [0.1, 0.15) is 18.1 Å². The quantitative estimate of drug-likeness (QED) is 0.678. The summed E-state index contributed by atoms with van der Waals surface area (Å²) in [5.74, 6) is 5.85. The van der Waals surface area contributed by atoms with E-state index in [0.717, 1.165) is 6.54 Å². The predicted octanol–water partition coefficient (Wildman–Crippen LogP) is 2.74. The van der Waals surface area contributed by atoms with Gasteiger partial charge in [0.15, 0.2) is 0 Å². The van der Waals surface area contributed by atoms with Crippen LogP contribution in [-0.2, 0) is 0 Å². The third-order valence-electron chi connectivity index (χ3n) is 2.01. The molecule has 0 amide bonds. The van der Waals surface area contributed by atoms with Crippen molar-refractivity contribution in [1.29, 1.82) is 0 Å². The molecule has 0 saturated carbocycles. The second kappa shape index (κ2) is 4.57. The van der Waals surface area contributed by atoms with E-state index in [1.807, 2.05) is 6.92 Å². The summed E-state index contributed by atoms with van der Waals surface area (Å²) in [6.45, 7) is 6.79. The highest BCUT2D eigenvalue weighted by Gasteiger charge is 1.98. The van der Waals surface area contributed by atoms with E-state index < -0.39 is 0 Å². The van der Waals surface area contributed by atoms with Gasteiger partial charge in [0.2, 0.25) is 0 Å². The van der Waals surface area contributed by atoms with E-state index in [4.69, 9.17) is 0 Å². The normalized spacial score (nSPS) is 8.85. The van der Waals surface area contributed by atoms with Crippen molar-refractivity contribution in [3.8, 4) is 11.8 Å². The lowest BCUT2D eigenvalue weighted by atomic mass is 10.1. The van der Waals surface area contributed by atoms with Crippen molar-refractivity contribution >= 4 is 5.69 Å². The zero-order chi connectivity index (χ0) is 9.68. The van der Waals surface area contributed by atoms with Crippen LogP contribution in [0, 0.1) is 25.7 Å². The van der Waals surface area contributed by atoms with Crippen LogP contribution in [0.25, 0.3) is 0 Å². The highest BCUT2D eigenvalue weighted by molar-refractivity contribution is 5.57. The average Bonchev–Trinajstić information content (AvgIpc) is 2.10. The maximum Gasteiger partial charge on any atom is 0.0766 e. The van der Waals surface area contributed by atoms with Gasteiger partial charge in [-0.25, -0.2) is 0 Å². The summed E-state index contributed by atoms with van der Waals surface area (Å²) in [4.78, 5) is 0. The van der Waals surface area contributed by atoms with Crippen molar-refractivity contribution < 1.29 is 0 Å². The molecular formula is C12H15N. The molecule has 1 nitrogen and oxygen atoms in total. The first-order valence-corrected chi connectivity index (χ1v) is 4.45. The van der Waals surface area contributed by atoms with Crippen LogP contribution < -0.4 is 5.32 Å². The van der Waals surface area contributed by atoms with E-state index in [1.54, 1.807) is 0 Å². The Labute approximate surface area is 80.2 Å². The summed E-state index contributed by atoms with van der Waals surface area (Å²) >= 11 is 0. The number of benzene rings is 1. The first-order valence-electron chi connectivity index (χ1n) is 4.45. The molecule has 0 aliphatic heterocycles. The van der Waals surface area contributed by atoms with Gasteiger partial charge in [-0.05, 0) is 31.9 Å². The van der Waals surface area contributed by atoms with Crippen molar-refractivity contribution in [3.63, 3.8) is 0 Å². The minimum atomic E-state index is 0.724. The van der Waals surface area contributed by atoms with Crippen LogP contribution >= 0.6 is 0 Å². The SMILES string of the molecule is CC#CCNc1c(C)cccc1C. The molecule has 1 aromatic rings. The average molecular weight is 173 g/mol. The molecule has 13 heavy (non-hydrogen) atoms. The second-order valence-corrected chi connectivity index (χ2v) is 3.05. The van der Waals surface area contributed by atoms with Crippen molar-refractivity contribution in [2.24, 2.45) is 0 Å². The summed E-state index contributed by atoms with van der Waals surface area (Å²) in [5, 5.41) is 3.31. The molecule has 0 aliphatic carbocycles. The molecule has 0 saturated heterocycles. The first-order chi connectivity index (χ1) is 6.25. The second-order valence-electron chi connectivity index (χ2n) is 3.05. The fourth-order valence-electron chi connectivity index (χ4n) is 1.31. The molecule has 0 atom stereocenters. The maximum atomic E-state index is 3.31. The summed E-state index contributed by atoms with van der Waals surface area (Å²) in [7, 11) is 0. The van der Waals surface area contributed by atoms with Gasteiger partial charge in [-0.2, -0.15) is 0 Å². The minimum Gasteiger partial charge on any atom is -0.374 e. The Balaban J connectivity index is 2.79. The Morgan fingerprint density at radius 1 is 1.23 bits per heavy atom. The number of hydrogen-bond acceptors (Lipinski definition) is 1. The number of anilines is 1. The maximum absolute atomic E-state index is 3.31. The molecule has 0 aromatic heterocycles. The van der Waals surface area contributed by atoms with Gasteiger partial charge in [-0.3, -0.25) is 0 Å². The van der Waals surface area contributed by atoms with E-state index >= 15 is 0 Å². The summed E-state index contributed by atoms with van der Waals surface area (Å²) in [6.07, 6.45) is 0. The third-order valence-corrected chi connectivity index (χ3v) is 2.01. The minimum absolute atomic E-state index is 0.724. The van der Waals surface area contributed by atoms with Gasteiger partial charge in [-0.15, -0.1) is 5.92 Å². The zero-order valence-corrected chi connectivity index (χ0v) is 8.44. The van der Waals surface area contributed by atoms with Crippen LogP contribution in [-0.4, -0.2) is 6.54 Å². The van der Waals surface area contributed by atoms with E-state index in [0.29, 0.717) is 0 Å². The third kappa shape index (κ3) is 2.52. The van der Waals surface area contributed by atoms with Crippen LogP contribution in [0.4, 0.5) is 5.69 Å². The lowest BCUT2D eigenvalue weighted by Crippen LogP contribution is -2.02. The number of hydrogen-bond donors (Lipinski definition) is 1. The number of rotatable bonds is 2. The Kier molecular flexibility index (Phi) is 3.40. The molecule has 1 aromatic carbocycles. The number of nitrogens with one attached hydrogen (secondary N) is 1. The van der Waals surface area contributed by atoms with Gasteiger partial charge >= 0.3 is 0 Å². The lowest BCUT2D eigenvalue weighted by Gasteiger charge is -2.09. The molecule has 0 aliphatic rings. The Bertz CT molecular complexity index is 322. The van der Waals surface area contributed by atoms with Crippen molar-refractivity contribution in [2.75, 3.05) is 11.9 Å². The zero-order valence-electron chi connectivity index (χ0n) is 8.44. The van der Waals surface area contributed by atoms with Gasteiger partial charge in [-0.1, -0.05) is 24.1 Å².